The second-order valence-corrected chi connectivity index (χ2v) is 5.46. The monoisotopic (exact) mass is 297 g/mol. The number of benzene rings is 1. The standard InChI is InChI=1S/C14H19NO4S/c1-9(2)19-12-5-4-10(14(17)18)8-11(12)15-13(16)6-7-20-3/h4-5,8-9H,6-7H2,1-3H3,(H,15,16)(H,17,18). The fraction of sp³-hybridized carbons (Fsp3) is 0.429. The molecule has 0 aliphatic rings. The van der Waals surface area contributed by atoms with Gasteiger partial charge < -0.3 is 15.2 Å². The smallest absolute Gasteiger partial charge is 0.335 e. The molecule has 1 rings (SSSR count). The molecule has 20 heavy (non-hydrogen) atoms. The lowest BCUT2D eigenvalue weighted by atomic mass is 10.2. The third-order valence-electron chi connectivity index (χ3n) is 2.40. The zero-order chi connectivity index (χ0) is 15.1. The van der Waals surface area contributed by atoms with Crippen molar-refractivity contribution in [3.8, 4) is 5.75 Å². The lowest BCUT2D eigenvalue weighted by molar-refractivity contribution is -0.115. The van der Waals surface area contributed by atoms with Gasteiger partial charge in [-0.05, 0) is 38.3 Å². The molecule has 1 aromatic rings. The highest BCUT2D eigenvalue weighted by Gasteiger charge is 2.13. The van der Waals surface area contributed by atoms with Gasteiger partial charge in [0.05, 0.1) is 17.4 Å². The fourth-order valence-electron chi connectivity index (χ4n) is 1.52. The minimum atomic E-state index is -1.04. The quantitative estimate of drug-likeness (QED) is 0.809. The molecule has 0 unspecified atom stereocenters. The molecule has 0 aliphatic heterocycles. The summed E-state index contributed by atoms with van der Waals surface area (Å²) in [5.41, 5.74) is 0.506. The molecule has 1 amide bonds. The maximum atomic E-state index is 11.8. The molecule has 0 bridgehead atoms. The van der Waals surface area contributed by atoms with Crippen LogP contribution in [0, 0.1) is 0 Å². The van der Waals surface area contributed by atoms with Crippen LogP contribution in [0.2, 0.25) is 0 Å². The molecular formula is C14H19NO4S. The van der Waals surface area contributed by atoms with Gasteiger partial charge in [-0.15, -0.1) is 0 Å². The van der Waals surface area contributed by atoms with Crippen LogP contribution in [-0.2, 0) is 4.79 Å². The van der Waals surface area contributed by atoms with E-state index in [4.69, 9.17) is 9.84 Å². The summed E-state index contributed by atoms with van der Waals surface area (Å²) in [6.07, 6.45) is 2.23. The molecule has 0 aliphatic carbocycles. The number of carboxylic acids is 1. The van der Waals surface area contributed by atoms with Crippen molar-refractivity contribution in [2.24, 2.45) is 0 Å². The van der Waals surface area contributed by atoms with Crippen LogP contribution in [0.5, 0.6) is 5.75 Å². The Kier molecular flexibility index (Phi) is 6.38. The van der Waals surface area contributed by atoms with Crippen LogP contribution in [0.1, 0.15) is 30.6 Å². The largest absolute Gasteiger partial charge is 0.489 e. The van der Waals surface area contributed by atoms with Crippen molar-refractivity contribution in [1.29, 1.82) is 0 Å². The maximum absolute atomic E-state index is 11.8. The van der Waals surface area contributed by atoms with E-state index in [0.29, 0.717) is 23.6 Å². The number of anilines is 1. The Hall–Kier alpha value is -1.69. The van der Waals surface area contributed by atoms with E-state index in [1.54, 1.807) is 17.8 Å². The topological polar surface area (TPSA) is 75.6 Å². The first-order valence-electron chi connectivity index (χ1n) is 6.26. The first kappa shape index (κ1) is 16.4. The van der Waals surface area contributed by atoms with Crippen molar-refractivity contribution in [3.05, 3.63) is 23.8 Å². The molecule has 0 saturated carbocycles. The van der Waals surface area contributed by atoms with Gasteiger partial charge >= 0.3 is 5.97 Å². The summed E-state index contributed by atoms with van der Waals surface area (Å²) in [5, 5.41) is 11.7. The van der Waals surface area contributed by atoms with E-state index >= 15 is 0 Å². The molecule has 0 saturated heterocycles. The fourth-order valence-corrected chi connectivity index (χ4v) is 1.91. The third-order valence-corrected chi connectivity index (χ3v) is 3.01. The van der Waals surface area contributed by atoms with Crippen LogP contribution in [-0.4, -0.2) is 35.1 Å². The van der Waals surface area contributed by atoms with Gasteiger partial charge in [-0.25, -0.2) is 4.79 Å². The number of carbonyl (C=O) groups excluding carboxylic acids is 1. The maximum Gasteiger partial charge on any atom is 0.335 e. The van der Waals surface area contributed by atoms with Gasteiger partial charge in [-0.2, -0.15) is 11.8 Å². The molecule has 0 aromatic heterocycles. The molecule has 5 nitrogen and oxygen atoms in total. The van der Waals surface area contributed by atoms with Crippen LogP contribution in [0.25, 0.3) is 0 Å². The third kappa shape index (κ3) is 5.13. The first-order chi connectivity index (χ1) is 9.43. The number of rotatable bonds is 7. The number of ether oxygens (including phenoxy) is 1. The minimum Gasteiger partial charge on any atom is -0.489 e. The minimum absolute atomic E-state index is 0.0625. The SMILES string of the molecule is CSCCC(=O)Nc1cc(C(=O)O)ccc1OC(C)C. The summed E-state index contributed by atoms with van der Waals surface area (Å²) >= 11 is 1.58. The normalized spacial score (nSPS) is 10.4. The number of carbonyl (C=O) groups is 2. The van der Waals surface area contributed by atoms with Crippen LogP contribution in [0.15, 0.2) is 18.2 Å². The zero-order valence-electron chi connectivity index (χ0n) is 11.8. The van der Waals surface area contributed by atoms with Crippen molar-refractivity contribution in [3.63, 3.8) is 0 Å². The molecule has 2 N–H and O–H groups in total. The van der Waals surface area contributed by atoms with E-state index in [2.05, 4.69) is 5.32 Å². The number of nitrogens with one attached hydrogen (secondary N) is 1. The Bertz CT molecular complexity index is 488. The van der Waals surface area contributed by atoms with Crippen LogP contribution < -0.4 is 10.1 Å². The lowest BCUT2D eigenvalue weighted by Gasteiger charge is -2.15. The molecular weight excluding hydrogens is 278 g/mol. The van der Waals surface area contributed by atoms with Gasteiger partial charge in [-0.3, -0.25) is 4.79 Å². The summed E-state index contributed by atoms with van der Waals surface area (Å²) in [6.45, 7) is 3.73. The van der Waals surface area contributed by atoms with E-state index in [0.717, 1.165) is 0 Å². The first-order valence-corrected chi connectivity index (χ1v) is 7.66. The second kappa shape index (κ2) is 7.79. The van der Waals surface area contributed by atoms with E-state index in [1.807, 2.05) is 20.1 Å². The number of carboxylic acid groups (broad SMARTS) is 1. The Morgan fingerprint density at radius 1 is 1.40 bits per heavy atom. The van der Waals surface area contributed by atoms with Gasteiger partial charge in [0.25, 0.3) is 0 Å². The molecule has 1 aromatic carbocycles. The van der Waals surface area contributed by atoms with Crippen molar-refractivity contribution in [1.82, 2.24) is 0 Å². The highest BCUT2D eigenvalue weighted by Crippen LogP contribution is 2.27. The van der Waals surface area contributed by atoms with Crippen molar-refractivity contribution in [2.45, 2.75) is 26.4 Å². The molecule has 0 atom stereocenters. The van der Waals surface area contributed by atoms with Crippen molar-refractivity contribution in [2.75, 3.05) is 17.3 Å². The number of hydrogen-bond donors (Lipinski definition) is 2. The van der Waals surface area contributed by atoms with Crippen molar-refractivity contribution >= 4 is 29.3 Å². The van der Waals surface area contributed by atoms with Gasteiger partial charge in [-0.1, -0.05) is 0 Å². The van der Waals surface area contributed by atoms with E-state index in [-0.39, 0.29) is 17.6 Å². The van der Waals surface area contributed by atoms with Gasteiger partial charge in [0.2, 0.25) is 5.91 Å². The number of aromatic carboxylic acids is 1. The Labute approximate surface area is 122 Å². The summed E-state index contributed by atoms with van der Waals surface area (Å²) in [6, 6.07) is 4.43. The summed E-state index contributed by atoms with van der Waals surface area (Å²) in [5.74, 6) is -0.0103. The molecule has 0 heterocycles. The number of amides is 1. The predicted molar refractivity (Wildman–Crippen MR) is 80.8 cm³/mol. The second-order valence-electron chi connectivity index (χ2n) is 4.47. The Morgan fingerprint density at radius 2 is 2.10 bits per heavy atom. The zero-order valence-corrected chi connectivity index (χ0v) is 12.6. The van der Waals surface area contributed by atoms with E-state index < -0.39 is 5.97 Å². The molecule has 6 heteroatoms. The van der Waals surface area contributed by atoms with E-state index in [9.17, 15) is 9.59 Å². The average Bonchev–Trinajstić information content (AvgIpc) is 2.37. The highest BCUT2D eigenvalue weighted by molar-refractivity contribution is 7.98. The predicted octanol–water partition coefficient (Wildman–Crippen LogP) is 2.86. The van der Waals surface area contributed by atoms with Gasteiger partial charge in [0.1, 0.15) is 5.75 Å². The summed E-state index contributed by atoms with van der Waals surface area (Å²) in [4.78, 5) is 22.8. The molecule has 110 valence electrons. The number of thioether (sulfide) groups is 1. The van der Waals surface area contributed by atoms with Crippen molar-refractivity contribution < 1.29 is 19.4 Å². The van der Waals surface area contributed by atoms with Gasteiger partial charge in [0, 0.05) is 12.2 Å². The lowest BCUT2D eigenvalue weighted by Crippen LogP contribution is -2.15. The Balaban J connectivity index is 2.95. The van der Waals surface area contributed by atoms with Crippen LogP contribution >= 0.6 is 11.8 Å². The number of hydrogen-bond acceptors (Lipinski definition) is 4. The van der Waals surface area contributed by atoms with Crippen LogP contribution in [0.4, 0.5) is 5.69 Å². The summed E-state index contributed by atoms with van der Waals surface area (Å²) in [7, 11) is 0. The Morgan fingerprint density at radius 3 is 2.65 bits per heavy atom. The summed E-state index contributed by atoms with van der Waals surface area (Å²) < 4.78 is 5.57. The van der Waals surface area contributed by atoms with Crippen LogP contribution in [0.3, 0.4) is 0 Å². The molecule has 0 spiro atoms. The average molecular weight is 297 g/mol. The molecule has 0 fully saturated rings. The van der Waals surface area contributed by atoms with Gasteiger partial charge in [0.15, 0.2) is 0 Å². The molecule has 0 radical (unpaired) electrons. The highest BCUT2D eigenvalue weighted by atomic mass is 32.2. The van der Waals surface area contributed by atoms with E-state index in [1.165, 1.54) is 12.1 Å².